The van der Waals surface area contributed by atoms with Crippen LogP contribution in [0.5, 0.6) is 0 Å². The van der Waals surface area contributed by atoms with Crippen LogP contribution in [0.15, 0.2) is 48.1 Å². The maximum absolute atomic E-state index is 13.0. The van der Waals surface area contributed by atoms with E-state index in [1.807, 2.05) is 62.1 Å². The molecule has 0 bridgehead atoms. The molecule has 6 heteroatoms. The average Bonchev–Trinajstić information content (AvgIpc) is 3.15. The fourth-order valence-electron chi connectivity index (χ4n) is 3.23. The van der Waals surface area contributed by atoms with E-state index in [9.17, 15) is 9.59 Å². The molecule has 1 saturated heterocycles. The lowest BCUT2D eigenvalue weighted by Gasteiger charge is -2.28. The van der Waals surface area contributed by atoms with Gasteiger partial charge in [-0.25, -0.2) is 4.98 Å². The van der Waals surface area contributed by atoms with Crippen molar-refractivity contribution in [3.8, 4) is 0 Å². The number of nitrogens with one attached hydrogen (secondary N) is 2. The summed E-state index contributed by atoms with van der Waals surface area (Å²) in [6.07, 6.45) is 5.47. The summed E-state index contributed by atoms with van der Waals surface area (Å²) in [5.74, 6) is -0.146. The van der Waals surface area contributed by atoms with Crippen molar-refractivity contribution in [3.63, 3.8) is 0 Å². The Kier molecular flexibility index (Phi) is 6.09. The molecule has 28 heavy (non-hydrogen) atoms. The van der Waals surface area contributed by atoms with Gasteiger partial charge in [0.05, 0.1) is 17.7 Å². The number of amides is 1. The van der Waals surface area contributed by atoms with E-state index in [1.165, 1.54) is 0 Å². The van der Waals surface area contributed by atoms with Crippen molar-refractivity contribution in [2.45, 2.75) is 33.1 Å². The van der Waals surface area contributed by atoms with E-state index in [4.69, 9.17) is 0 Å². The van der Waals surface area contributed by atoms with Crippen molar-refractivity contribution in [1.29, 1.82) is 0 Å². The standard InChI is InChI=1S/C22H26N4O2/c1-4-26-11-10-20(27)17(13-18-21(15(2)3)24-14-23-18)25-22(28)19(26)12-16-8-6-5-7-9-16/h5-9,12-15H,4,10-11H2,1-3H3,(H,23,24)(H,25,28)/b17-13-,19-12-. The normalized spacial score (nSPS) is 18.5. The zero-order valence-electron chi connectivity index (χ0n) is 16.5. The fraction of sp³-hybridized carbons (Fsp3) is 0.318. The molecule has 1 amide bonds. The lowest BCUT2D eigenvalue weighted by molar-refractivity contribution is -0.123. The first-order chi connectivity index (χ1) is 13.5. The average molecular weight is 378 g/mol. The van der Waals surface area contributed by atoms with Crippen LogP contribution < -0.4 is 5.32 Å². The van der Waals surface area contributed by atoms with Gasteiger partial charge in [-0.2, -0.15) is 0 Å². The first-order valence-electron chi connectivity index (χ1n) is 9.60. The van der Waals surface area contributed by atoms with Crippen molar-refractivity contribution < 1.29 is 9.59 Å². The molecule has 0 radical (unpaired) electrons. The number of hydrogen-bond acceptors (Lipinski definition) is 4. The van der Waals surface area contributed by atoms with Gasteiger partial charge in [0.1, 0.15) is 5.70 Å². The Morgan fingerprint density at radius 1 is 1.18 bits per heavy atom. The molecule has 0 saturated carbocycles. The van der Waals surface area contributed by atoms with Gasteiger partial charge in [-0.3, -0.25) is 9.59 Å². The lowest BCUT2D eigenvalue weighted by atomic mass is 10.1. The van der Waals surface area contributed by atoms with Crippen LogP contribution in [0.1, 0.15) is 50.1 Å². The molecule has 2 heterocycles. The molecular formula is C22H26N4O2. The number of aromatic amines is 1. The van der Waals surface area contributed by atoms with Crippen LogP contribution in [-0.2, 0) is 9.59 Å². The first kappa shape index (κ1) is 19.6. The Balaban J connectivity index is 1.96. The Morgan fingerprint density at radius 2 is 1.93 bits per heavy atom. The summed E-state index contributed by atoms with van der Waals surface area (Å²) >= 11 is 0. The Hall–Kier alpha value is -3.15. The number of allylic oxidation sites excluding steroid dienone is 1. The zero-order valence-corrected chi connectivity index (χ0v) is 16.5. The van der Waals surface area contributed by atoms with Crippen molar-refractivity contribution in [2.24, 2.45) is 0 Å². The third kappa shape index (κ3) is 4.39. The van der Waals surface area contributed by atoms with Gasteiger partial charge in [0.25, 0.3) is 5.91 Å². The molecule has 1 aromatic carbocycles. The maximum atomic E-state index is 13.0. The minimum absolute atomic E-state index is 0.0942. The lowest BCUT2D eigenvalue weighted by Crippen LogP contribution is -2.40. The minimum atomic E-state index is -0.286. The molecule has 146 valence electrons. The number of H-pyrrole nitrogens is 1. The van der Waals surface area contributed by atoms with Crippen LogP contribution in [0.3, 0.4) is 0 Å². The third-order valence-corrected chi connectivity index (χ3v) is 4.77. The predicted molar refractivity (Wildman–Crippen MR) is 110 cm³/mol. The molecule has 2 aromatic rings. The summed E-state index contributed by atoms with van der Waals surface area (Å²) in [6, 6.07) is 9.71. The summed E-state index contributed by atoms with van der Waals surface area (Å²) < 4.78 is 0. The molecule has 3 rings (SSSR count). The zero-order chi connectivity index (χ0) is 20.1. The van der Waals surface area contributed by atoms with Crippen molar-refractivity contribution >= 4 is 23.8 Å². The molecule has 0 atom stereocenters. The first-order valence-corrected chi connectivity index (χ1v) is 9.60. The third-order valence-electron chi connectivity index (χ3n) is 4.77. The number of carbonyl (C=O) groups excluding carboxylic acids is 2. The van der Waals surface area contributed by atoms with Crippen molar-refractivity contribution in [1.82, 2.24) is 20.2 Å². The van der Waals surface area contributed by atoms with Gasteiger partial charge in [0, 0.05) is 25.2 Å². The van der Waals surface area contributed by atoms with Crippen LogP contribution in [0.4, 0.5) is 0 Å². The number of hydrogen-bond donors (Lipinski definition) is 2. The van der Waals surface area contributed by atoms with Crippen molar-refractivity contribution in [2.75, 3.05) is 13.1 Å². The number of ketones is 1. The van der Waals surface area contributed by atoms with Crippen molar-refractivity contribution in [3.05, 3.63) is 65.0 Å². The number of rotatable bonds is 4. The number of carbonyl (C=O) groups is 2. The second-order valence-electron chi connectivity index (χ2n) is 7.06. The van der Waals surface area contributed by atoms with Gasteiger partial charge >= 0.3 is 0 Å². The number of nitrogens with zero attached hydrogens (tertiary/aromatic N) is 2. The monoisotopic (exact) mass is 378 g/mol. The Labute approximate surface area is 165 Å². The second kappa shape index (κ2) is 8.69. The van der Waals surface area contributed by atoms with E-state index in [0.717, 1.165) is 11.3 Å². The van der Waals surface area contributed by atoms with Crippen LogP contribution in [0, 0.1) is 0 Å². The van der Waals surface area contributed by atoms with Crippen LogP contribution >= 0.6 is 0 Å². The number of Topliss-reactive ketones (excluding diaryl/α,β-unsaturated/α-hetero) is 1. The molecule has 1 aliphatic rings. The number of benzene rings is 1. The number of likely N-dealkylation sites (N-methyl/N-ethyl adjacent to an activating group) is 1. The summed E-state index contributed by atoms with van der Waals surface area (Å²) in [5.41, 5.74) is 3.40. The molecule has 1 aromatic heterocycles. The molecule has 2 N–H and O–H groups in total. The summed E-state index contributed by atoms with van der Waals surface area (Å²) in [6.45, 7) is 7.22. The van der Waals surface area contributed by atoms with Crippen LogP contribution in [0.25, 0.3) is 12.2 Å². The van der Waals surface area contributed by atoms with Gasteiger partial charge in [-0.1, -0.05) is 44.2 Å². The summed E-state index contributed by atoms with van der Waals surface area (Å²) in [4.78, 5) is 35.0. The largest absolute Gasteiger partial charge is 0.367 e. The Bertz CT molecular complexity index is 910. The highest BCUT2D eigenvalue weighted by Crippen LogP contribution is 2.20. The quantitative estimate of drug-likeness (QED) is 0.800. The van der Waals surface area contributed by atoms with Crippen LogP contribution in [-0.4, -0.2) is 39.6 Å². The van der Waals surface area contributed by atoms with Gasteiger partial charge in [0.15, 0.2) is 5.78 Å². The molecule has 6 nitrogen and oxygen atoms in total. The molecular weight excluding hydrogens is 352 g/mol. The SMILES string of the molecule is CCN1CCC(=O)/C(=C/c2nc[nH]c2C(C)C)NC(=O)/C1=C/c1ccccc1. The van der Waals surface area contributed by atoms with E-state index in [-0.39, 0.29) is 23.3 Å². The molecule has 0 aliphatic carbocycles. The number of aromatic nitrogens is 2. The van der Waals surface area contributed by atoms with E-state index in [2.05, 4.69) is 15.3 Å². The highest BCUT2D eigenvalue weighted by atomic mass is 16.2. The van der Waals surface area contributed by atoms with Gasteiger partial charge in [-0.15, -0.1) is 0 Å². The van der Waals surface area contributed by atoms with Gasteiger partial charge < -0.3 is 15.2 Å². The summed E-state index contributed by atoms with van der Waals surface area (Å²) in [7, 11) is 0. The van der Waals surface area contributed by atoms with Gasteiger partial charge in [0.2, 0.25) is 0 Å². The van der Waals surface area contributed by atoms with Crippen LogP contribution in [0.2, 0.25) is 0 Å². The van der Waals surface area contributed by atoms with E-state index >= 15 is 0 Å². The fourth-order valence-corrected chi connectivity index (χ4v) is 3.23. The van der Waals surface area contributed by atoms with Gasteiger partial charge in [-0.05, 0) is 30.6 Å². The Morgan fingerprint density at radius 3 is 2.61 bits per heavy atom. The molecule has 0 spiro atoms. The smallest absolute Gasteiger partial charge is 0.272 e. The predicted octanol–water partition coefficient (Wildman–Crippen LogP) is 3.33. The summed E-state index contributed by atoms with van der Waals surface area (Å²) in [5, 5.41) is 2.82. The van der Waals surface area contributed by atoms with E-state index < -0.39 is 0 Å². The molecule has 0 unspecified atom stereocenters. The van der Waals surface area contributed by atoms with E-state index in [1.54, 1.807) is 12.4 Å². The molecule has 1 aliphatic heterocycles. The topological polar surface area (TPSA) is 78.1 Å². The number of imidazole rings is 1. The minimum Gasteiger partial charge on any atom is -0.367 e. The highest BCUT2D eigenvalue weighted by molar-refractivity contribution is 6.07. The second-order valence-corrected chi connectivity index (χ2v) is 7.06. The molecule has 1 fully saturated rings. The van der Waals surface area contributed by atoms with E-state index in [0.29, 0.717) is 30.9 Å². The maximum Gasteiger partial charge on any atom is 0.272 e. The highest BCUT2D eigenvalue weighted by Gasteiger charge is 2.25.